The minimum absolute atomic E-state index is 0.140. The van der Waals surface area contributed by atoms with Gasteiger partial charge >= 0.3 is 11.7 Å². The minimum Gasteiger partial charge on any atom is -0.351 e. The summed E-state index contributed by atoms with van der Waals surface area (Å²) in [6.45, 7) is 0. The van der Waals surface area contributed by atoms with Crippen molar-refractivity contribution in [2.45, 2.75) is 0 Å². The number of amides is 2. The molecule has 0 saturated heterocycles. The van der Waals surface area contributed by atoms with Gasteiger partial charge in [0, 0.05) is 6.20 Å². The Morgan fingerprint density at radius 1 is 1.73 bits per heavy atom. The highest BCUT2D eigenvalue weighted by Gasteiger charge is 1.95. The van der Waals surface area contributed by atoms with E-state index in [-0.39, 0.29) is 5.82 Å². The molecule has 0 fully saturated rings. The summed E-state index contributed by atoms with van der Waals surface area (Å²) >= 11 is 0. The molecule has 4 N–H and O–H groups in total. The van der Waals surface area contributed by atoms with Crippen LogP contribution in [0.2, 0.25) is 0 Å². The Hall–Kier alpha value is -1.85. The molecule has 0 bridgehead atoms. The molecule has 1 aromatic heterocycles. The van der Waals surface area contributed by atoms with Gasteiger partial charge in [0.2, 0.25) is 0 Å². The third-order valence-electron chi connectivity index (χ3n) is 0.921. The number of aromatic amines is 1. The molecular formula is C5H6N4O2. The Labute approximate surface area is 61.4 Å². The summed E-state index contributed by atoms with van der Waals surface area (Å²) in [6.07, 6.45) is 1.36. The first-order valence-electron chi connectivity index (χ1n) is 2.80. The van der Waals surface area contributed by atoms with Crippen LogP contribution in [-0.2, 0) is 0 Å². The van der Waals surface area contributed by atoms with Crippen LogP contribution in [0.4, 0.5) is 10.6 Å². The van der Waals surface area contributed by atoms with Crippen molar-refractivity contribution in [3.63, 3.8) is 0 Å². The topological polar surface area (TPSA) is 101 Å². The molecule has 0 aliphatic carbocycles. The zero-order valence-electron chi connectivity index (χ0n) is 5.50. The van der Waals surface area contributed by atoms with E-state index < -0.39 is 11.7 Å². The summed E-state index contributed by atoms with van der Waals surface area (Å²) in [5, 5.41) is 2.15. The fourth-order valence-electron chi connectivity index (χ4n) is 0.567. The number of nitrogens with two attached hydrogens (primary N) is 1. The zero-order chi connectivity index (χ0) is 8.27. The number of aromatic nitrogens is 2. The summed E-state index contributed by atoms with van der Waals surface area (Å²) in [6, 6.07) is 0.676. The quantitative estimate of drug-likeness (QED) is 0.496. The number of nitrogens with one attached hydrogen (secondary N) is 2. The summed E-state index contributed by atoms with van der Waals surface area (Å²) in [4.78, 5) is 26.4. The number of H-pyrrole nitrogens is 1. The Balaban J connectivity index is 2.88. The molecule has 1 aromatic rings. The van der Waals surface area contributed by atoms with Crippen LogP contribution in [0.3, 0.4) is 0 Å². The summed E-state index contributed by atoms with van der Waals surface area (Å²) in [5.41, 5.74) is 4.24. The van der Waals surface area contributed by atoms with Crippen LogP contribution in [0.25, 0.3) is 0 Å². The van der Waals surface area contributed by atoms with Gasteiger partial charge in [-0.2, -0.15) is 4.98 Å². The number of hydrogen-bond acceptors (Lipinski definition) is 3. The standard InChI is InChI=1S/C5H6N4O2/c6-4(10)8-3-1-2-7-5(11)9-3/h1-2H,(H4,6,7,8,9,10,11). The smallest absolute Gasteiger partial charge is 0.346 e. The normalized spacial score (nSPS) is 9.09. The maximum Gasteiger partial charge on any atom is 0.346 e. The van der Waals surface area contributed by atoms with Crippen LogP contribution >= 0.6 is 0 Å². The van der Waals surface area contributed by atoms with Gasteiger partial charge < -0.3 is 10.7 Å². The van der Waals surface area contributed by atoms with Crippen molar-refractivity contribution in [2.75, 3.05) is 5.32 Å². The minimum atomic E-state index is -0.747. The lowest BCUT2D eigenvalue weighted by molar-refractivity contribution is 0.259. The second kappa shape index (κ2) is 2.82. The van der Waals surface area contributed by atoms with E-state index in [0.29, 0.717) is 0 Å². The van der Waals surface area contributed by atoms with E-state index in [1.54, 1.807) is 0 Å². The van der Waals surface area contributed by atoms with E-state index in [4.69, 9.17) is 5.73 Å². The van der Waals surface area contributed by atoms with Crippen molar-refractivity contribution < 1.29 is 4.79 Å². The van der Waals surface area contributed by atoms with E-state index in [1.807, 2.05) is 0 Å². The van der Waals surface area contributed by atoms with Crippen LogP contribution in [0, 0.1) is 0 Å². The first kappa shape index (κ1) is 7.26. The highest BCUT2D eigenvalue weighted by molar-refractivity contribution is 5.86. The monoisotopic (exact) mass is 154 g/mol. The Kier molecular flexibility index (Phi) is 1.86. The zero-order valence-corrected chi connectivity index (χ0v) is 5.50. The predicted octanol–water partition coefficient (Wildman–Crippen LogP) is -0.740. The maximum absolute atomic E-state index is 10.5. The molecule has 0 aliphatic rings. The molecule has 0 aromatic carbocycles. The molecule has 0 spiro atoms. The van der Waals surface area contributed by atoms with E-state index in [0.717, 1.165) is 0 Å². The molecule has 6 nitrogen and oxygen atoms in total. The molecule has 0 atom stereocenters. The molecule has 1 rings (SSSR count). The summed E-state index contributed by atoms with van der Waals surface area (Å²) < 4.78 is 0. The van der Waals surface area contributed by atoms with Gasteiger partial charge in [-0.1, -0.05) is 0 Å². The van der Waals surface area contributed by atoms with Crippen molar-refractivity contribution in [3.8, 4) is 0 Å². The third kappa shape index (κ3) is 2.09. The maximum atomic E-state index is 10.5. The summed E-state index contributed by atoms with van der Waals surface area (Å²) in [7, 11) is 0. The van der Waals surface area contributed by atoms with Gasteiger partial charge in [-0.25, -0.2) is 9.59 Å². The van der Waals surface area contributed by atoms with Crippen LogP contribution in [0.1, 0.15) is 0 Å². The second-order valence-corrected chi connectivity index (χ2v) is 1.77. The molecule has 2 amide bonds. The molecule has 6 heteroatoms. The third-order valence-corrected chi connectivity index (χ3v) is 0.921. The van der Waals surface area contributed by atoms with Crippen LogP contribution in [-0.4, -0.2) is 16.0 Å². The van der Waals surface area contributed by atoms with Gasteiger partial charge in [-0.15, -0.1) is 0 Å². The predicted molar refractivity (Wildman–Crippen MR) is 38.1 cm³/mol. The van der Waals surface area contributed by atoms with Crippen LogP contribution in [0.5, 0.6) is 0 Å². The highest BCUT2D eigenvalue weighted by Crippen LogP contribution is 1.93. The number of rotatable bonds is 1. The van der Waals surface area contributed by atoms with E-state index >= 15 is 0 Å². The number of anilines is 1. The van der Waals surface area contributed by atoms with Gasteiger partial charge in [0.15, 0.2) is 0 Å². The van der Waals surface area contributed by atoms with E-state index in [9.17, 15) is 9.59 Å². The lowest BCUT2D eigenvalue weighted by atomic mass is 10.6. The average Bonchev–Trinajstić information content (AvgIpc) is 1.85. The van der Waals surface area contributed by atoms with Gasteiger partial charge in [-0.3, -0.25) is 5.32 Å². The molecule has 1 heterocycles. The van der Waals surface area contributed by atoms with Crippen LogP contribution < -0.4 is 16.7 Å². The van der Waals surface area contributed by atoms with Gasteiger partial charge in [0.05, 0.1) is 0 Å². The average molecular weight is 154 g/mol. The number of hydrogen-bond donors (Lipinski definition) is 3. The Morgan fingerprint density at radius 3 is 3.00 bits per heavy atom. The fourth-order valence-corrected chi connectivity index (χ4v) is 0.567. The molecule has 58 valence electrons. The number of carbonyl (C=O) groups is 1. The SMILES string of the molecule is NC(=O)Nc1cc[nH]c(=O)n1. The molecule has 0 saturated carbocycles. The molecule has 0 aliphatic heterocycles. The first-order valence-corrected chi connectivity index (χ1v) is 2.80. The molecule has 0 unspecified atom stereocenters. The largest absolute Gasteiger partial charge is 0.351 e. The lowest BCUT2D eigenvalue weighted by Gasteiger charge is -1.96. The van der Waals surface area contributed by atoms with Crippen molar-refractivity contribution in [1.29, 1.82) is 0 Å². The number of nitrogens with zero attached hydrogens (tertiary/aromatic N) is 1. The van der Waals surface area contributed by atoms with Crippen LogP contribution in [0.15, 0.2) is 17.1 Å². The molecule has 0 radical (unpaired) electrons. The molecular weight excluding hydrogens is 148 g/mol. The lowest BCUT2D eigenvalue weighted by Crippen LogP contribution is -2.22. The first-order chi connectivity index (χ1) is 5.18. The Morgan fingerprint density at radius 2 is 2.45 bits per heavy atom. The van der Waals surface area contributed by atoms with Crippen molar-refractivity contribution >= 4 is 11.8 Å². The van der Waals surface area contributed by atoms with Crippen molar-refractivity contribution in [2.24, 2.45) is 5.73 Å². The van der Waals surface area contributed by atoms with E-state index in [1.165, 1.54) is 12.3 Å². The Bertz CT molecular complexity index is 318. The number of urea groups is 1. The van der Waals surface area contributed by atoms with Gasteiger partial charge in [0.25, 0.3) is 0 Å². The second-order valence-electron chi connectivity index (χ2n) is 1.77. The van der Waals surface area contributed by atoms with Crippen molar-refractivity contribution in [3.05, 3.63) is 22.7 Å². The van der Waals surface area contributed by atoms with Gasteiger partial charge in [0.1, 0.15) is 5.82 Å². The fraction of sp³-hybridized carbons (Fsp3) is 0. The van der Waals surface area contributed by atoms with Crippen molar-refractivity contribution in [1.82, 2.24) is 9.97 Å². The van der Waals surface area contributed by atoms with Gasteiger partial charge in [-0.05, 0) is 6.07 Å². The molecule has 11 heavy (non-hydrogen) atoms. The van der Waals surface area contributed by atoms with E-state index in [2.05, 4.69) is 15.3 Å². The highest BCUT2D eigenvalue weighted by atomic mass is 16.2. The number of primary amides is 1. The number of carbonyl (C=O) groups excluding carboxylic acids is 1. The summed E-state index contributed by atoms with van der Waals surface area (Å²) in [5.74, 6) is 0.140.